The van der Waals surface area contributed by atoms with E-state index in [-0.39, 0.29) is 5.91 Å². The van der Waals surface area contributed by atoms with Crippen LogP contribution in [0, 0.1) is 6.92 Å². The lowest BCUT2D eigenvalue weighted by atomic mass is 10.2. The molecule has 0 spiro atoms. The van der Waals surface area contributed by atoms with Crippen molar-refractivity contribution in [1.82, 2.24) is 14.7 Å². The molecule has 0 aliphatic carbocycles. The predicted molar refractivity (Wildman–Crippen MR) is 89.0 cm³/mol. The van der Waals surface area contributed by atoms with Crippen molar-refractivity contribution < 1.29 is 9.53 Å². The van der Waals surface area contributed by atoms with Gasteiger partial charge < -0.3 is 14.5 Å². The van der Waals surface area contributed by atoms with Gasteiger partial charge in [0.15, 0.2) is 0 Å². The molecule has 0 atom stereocenters. The lowest BCUT2D eigenvalue weighted by Gasteiger charge is -2.05. The third-order valence-corrected chi connectivity index (χ3v) is 3.74. The van der Waals surface area contributed by atoms with Crippen LogP contribution in [0.2, 0.25) is 0 Å². The molecule has 0 radical (unpaired) electrons. The largest absolute Gasteiger partial charge is 0.497 e. The van der Waals surface area contributed by atoms with Gasteiger partial charge in [0.25, 0.3) is 5.91 Å². The van der Waals surface area contributed by atoms with E-state index in [1.54, 1.807) is 25.3 Å². The predicted octanol–water partition coefficient (Wildman–Crippen LogP) is 2.62. The van der Waals surface area contributed by atoms with E-state index in [1.807, 2.05) is 37.4 Å². The van der Waals surface area contributed by atoms with Crippen molar-refractivity contribution in [3.8, 4) is 5.75 Å². The fraction of sp³-hybridized carbons (Fsp3) is 0.222. The number of hydrogen-bond acceptors (Lipinski definition) is 3. The molecule has 1 amide bonds. The Labute approximate surface area is 134 Å². The van der Waals surface area contributed by atoms with Crippen molar-refractivity contribution in [2.24, 2.45) is 0 Å². The fourth-order valence-corrected chi connectivity index (χ4v) is 2.49. The quantitative estimate of drug-likeness (QED) is 0.788. The molecule has 1 aromatic carbocycles. The number of hydrogen-bond donors (Lipinski definition) is 1. The number of carbonyl (C=O) groups excluding carboxylic acids is 1. The number of aryl methyl sites for hydroxylation is 1. The highest BCUT2D eigenvalue weighted by Crippen LogP contribution is 2.12. The van der Waals surface area contributed by atoms with Gasteiger partial charge in [0.2, 0.25) is 0 Å². The van der Waals surface area contributed by atoms with E-state index in [1.165, 1.54) is 0 Å². The number of benzene rings is 1. The average molecular weight is 309 g/mol. The number of aromatic nitrogens is 2. The van der Waals surface area contributed by atoms with Crippen molar-refractivity contribution in [2.45, 2.75) is 13.3 Å². The zero-order chi connectivity index (χ0) is 16.2. The Morgan fingerprint density at radius 2 is 2.09 bits per heavy atom. The van der Waals surface area contributed by atoms with Crippen LogP contribution in [0.3, 0.4) is 0 Å². The minimum Gasteiger partial charge on any atom is -0.497 e. The molecule has 3 aromatic rings. The van der Waals surface area contributed by atoms with Gasteiger partial charge in [0, 0.05) is 30.4 Å². The van der Waals surface area contributed by atoms with Crippen molar-refractivity contribution in [3.05, 3.63) is 65.6 Å². The number of methoxy groups -OCH3 is 1. The van der Waals surface area contributed by atoms with Crippen molar-refractivity contribution in [2.75, 3.05) is 13.7 Å². The number of fused-ring (bicyclic) bond motifs is 1. The summed E-state index contributed by atoms with van der Waals surface area (Å²) in [5.41, 5.74) is 3.63. The molecule has 0 bridgehead atoms. The van der Waals surface area contributed by atoms with Crippen LogP contribution >= 0.6 is 0 Å². The Balaban J connectivity index is 1.61. The van der Waals surface area contributed by atoms with Gasteiger partial charge in [-0.15, -0.1) is 0 Å². The van der Waals surface area contributed by atoms with Gasteiger partial charge in [-0.1, -0.05) is 12.1 Å². The number of nitrogens with zero attached hydrogens (tertiary/aromatic N) is 2. The number of ether oxygens (including phenoxy) is 1. The van der Waals surface area contributed by atoms with Crippen molar-refractivity contribution >= 4 is 11.6 Å². The second-order valence-electron chi connectivity index (χ2n) is 5.37. The number of carbonyl (C=O) groups is 1. The Morgan fingerprint density at radius 3 is 2.87 bits per heavy atom. The van der Waals surface area contributed by atoms with E-state index in [4.69, 9.17) is 4.74 Å². The molecular weight excluding hydrogens is 290 g/mol. The van der Waals surface area contributed by atoms with Gasteiger partial charge in [-0.05, 0) is 37.3 Å². The number of imidazole rings is 1. The summed E-state index contributed by atoms with van der Waals surface area (Å²) >= 11 is 0. The highest BCUT2D eigenvalue weighted by Gasteiger charge is 2.07. The molecular formula is C18H19N3O2. The summed E-state index contributed by atoms with van der Waals surface area (Å²) in [6.07, 6.45) is 2.71. The van der Waals surface area contributed by atoms with E-state index in [0.717, 1.165) is 17.0 Å². The zero-order valence-electron chi connectivity index (χ0n) is 13.2. The van der Waals surface area contributed by atoms with Crippen LogP contribution < -0.4 is 10.1 Å². The van der Waals surface area contributed by atoms with E-state index < -0.39 is 0 Å². The Bertz CT molecular complexity index is 839. The van der Waals surface area contributed by atoms with E-state index >= 15 is 0 Å². The molecule has 0 saturated carbocycles. The monoisotopic (exact) mass is 309 g/mol. The lowest BCUT2D eigenvalue weighted by Crippen LogP contribution is -2.25. The molecule has 118 valence electrons. The molecule has 0 aliphatic rings. The molecule has 2 heterocycles. The van der Waals surface area contributed by atoms with Gasteiger partial charge in [-0.25, -0.2) is 4.98 Å². The number of amides is 1. The molecule has 3 rings (SSSR count). The summed E-state index contributed by atoms with van der Waals surface area (Å²) in [6, 6.07) is 13.1. The fourth-order valence-electron chi connectivity index (χ4n) is 2.49. The Kier molecular flexibility index (Phi) is 4.28. The van der Waals surface area contributed by atoms with Crippen LogP contribution in [0.25, 0.3) is 5.65 Å². The van der Waals surface area contributed by atoms with Gasteiger partial charge >= 0.3 is 0 Å². The molecule has 0 aliphatic heterocycles. The Morgan fingerprint density at radius 1 is 1.26 bits per heavy atom. The maximum Gasteiger partial charge on any atom is 0.251 e. The first kappa shape index (κ1) is 15.1. The number of pyridine rings is 1. The van der Waals surface area contributed by atoms with E-state index in [2.05, 4.69) is 14.7 Å². The number of nitrogens with one attached hydrogen (secondary N) is 1. The van der Waals surface area contributed by atoms with Gasteiger partial charge in [0.1, 0.15) is 11.4 Å². The van der Waals surface area contributed by atoms with Gasteiger partial charge in [-0.2, -0.15) is 0 Å². The molecule has 0 fully saturated rings. The van der Waals surface area contributed by atoms with Crippen LogP contribution in [0.15, 0.2) is 48.7 Å². The Hall–Kier alpha value is -2.82. The minimum atomic E-state index is -0.108. The van der Waals surface area contributed by atoms with Crippen LogP contribution in [0.5, 0.6) is 5.75 Å². The highest BCUT2D eigenvalue weighted by atomic mass is 16.5. The third kappa shape index (κ3) is 3.34. The maximum absolute atomic E-state index is 12.1. The van der Waals surface area contributed by atoms with Crippen molar-refractivity contribution in [1.29, 1.82) is 0 Å². The lowest BCUT2D eigenvalue weighted by molar-refractivity contribution is 0.0953. The molecule has 5 heteroatoms. The van der Waals surface area contributed by atoms with Crippen molar-refractivity contribution in [3.63, 3.8) is 0 Å². The first-order valence-electron chi connectivity index (χ1n) is 7.53. The molecule has 5 nitrogen and oxygen atoms in total. The maximum atomic E-state index is 12.1. The van der Waals surface area contributed by atoms with Crippen LogP contribution in [-0.2, 0) is 6.42 Å². The summed E-state index contributed by atoms with van der Waals surface area (Å²) in [7, 11) is 1.59. The third-order valence-electron chi connectivity index (χ3n) is 3.74. The highest BCUT2D eigenvalue weighted by molar-refractivity contribution is 5.94. The SMILES string of the molecule is COc1cccc(C(=O)NCCc2cn3c(C)cccc3n2)c1. The first-order chi connectivity index (χ1) is 11.2. The van der Waals surface area contributed by atoms with E-state index in [9.17, 15) is 4.79 Å². The number of rotatable bonds is 5. The van der Waals surface area contributed by atoms with Gasteiger partial charge in [-0.3, -0.25) is 4.79 Å². The summed E-state index contributed by atoms with van der Waals surface area (Å²) in [5, 5.41) is 2.91. The topological polar surface area (TPSA) is 55.6 Å². The molecule has 0 saturated heterocycles. The smallest absolute Gasteiger partial charge is 0.251 e. The normalized spacial score (nSPS) is 10.7. The first-order valence-corrected chi connectivity index (χ1v) is 7.53. The zero-order valence-corrected chi connectivity index (χ0v) is 13.2. The summed E-state index contributed by atoms with van der Waals surface area (Å²) in [5.74, 6) is 0.567. The van der Waals surface area contributed by atoms with Crippen LogP contribution in [0.4, 0.5) is 0 Å². The average Bonchev–Trinajstić information content (AvgIpc) is 2.99. The minimum absolute atomic E-state index is 0.108. The molecule has 1 N–H and O–H groups in total. The molecule has 23 heavy (non-hydrogen) atoms. The molecule has 0 unspecified atom stereocenters. The molecule has 2 aromatic heterocycles. The summed E-state index contributed by atoms with van der Waals surface area (Å²) in [4.78, 5) is 16.7. The second-order valence-corrected chi connectivity index (χ2v) is 5.37. The van der Waals surface area contributed by atoms with Crippen LogP contribution in [-0.4, -0.2) is 28.9 Å². The van der Waals surface area contributed by atoms with Gasteiger partial charge in [0.05, 0.1) is 12.8 Å². The standard InChI is InChI=1S/C18H19N3O2/c1-13-5-3-8-17-20-15(12-21(13)17)9-10-19-18(22)14-6-4-7-16(11-14)23-2/h3-8,11-12H,9-10H2,1-2H3,(H,19,22). The summed E-state index contributed by atoms with van der Waals surface area (Å²) in [6.45, 7) is 2.59. The second kappa shape index (κ2) is 6.52. The van der Waals surface area contributed by atoms with Crippen LogP contribution in [0.1, 0.15) is 21.7 Å². The van der Waals surface area contributed by atoms with E-state index in [0.29, 0.717) is 24.3 Å². The summed E-state index contributed by atoms with van der Waals surface area (Å²) < 4.78 is 7.19.